The monoisotopic (exact) mass is 272 g/mol. The number of nitrogens with one attached hydrogen (secondary N) is 1. The molecule has 0 aliphatic heterocycles. The smallest absolute Gasteiger partial charge is 0.273 e. The highest BCUT2D eigenvalue weighted by Crippen LogP contribution is 2.18. The number of rotatable bonds is 2. The molecule has 2 rings (SSSR count). The number of anilines is 1. The average molecular weight is 272 g/mol. The summed E-state index contributed by atoms with van der Waals surface area (Å²) in [6, 6.07) is 7.83. The lowest BCUT2D eigenvalue weighted by Crippen LogP contribution is -2.21. The second-order valence-electron chi connectivity index (χ2n) is 3.93. The molecule has 0 spiro atoms. The molecule has 106 valence electrons. The summed E-state index contributed by atoms with van der Waals surface area (Å²) in [4.78, 5) is 19.8. The van der Waals surface area contributed by atoms with Crippen molar-refractivity contribution >= 4 is 11.7 Å². The van der Waals surface area contributed by atoms with Crippen LogP contribution in [0.15, 0.2) is 30.5 Å². The van der Waals surface area contributed by atoms with Crippen LogP contribution in [0.4, 0.5) is 5.82 Å². The van der Waals surface area contributed by atoms with Gasteiger partial charge in [-0.05, 0) is 6.92 Å². The van der Waals surface area contributed by atoms with Gasteiger partial charge in [-0.2, -0.15) is 0 Å². The summed E-state index contributed by atoms with van der Waals surface area (Å²) in [6.45, 7) is 6.01. The van der Waals surface area contributed by atoms with Crippen LogP contribution in [0.5, 0.6) is 0 Å². The van der Waals surface area contributed by atoms with Gasteiger partial charge in [-0.25, -0.2) is 9.97 Å². The van der Waals surface area contributed by atoms with Crippen LogP contribution in [0, 0.1) is 6.92 Å². The van der Waals surface area contributed by atoms with Crippen LogP contribution >= 0.6 is 0 Å². The Labute approximate surface area is 119 Å². The van der Waals surface area contributed by atoms with Crippen LogP contribution in [-0.4, -0.2) is 22.9 Å². The molecule has 0 radical (unpaired) electrons. The molecule has 0 saturated heterocycles. The fourth-order valence-corrected chi connectivity index (χ4v) is 1.55. The highest BCUT2D eigenvalue weighted by molar-refractivity contribution is 5.96. The molecule has 1 aromatic carbocycles. The quantitative estimate of drug-likeness (QED) is 0.879. The molecule has 1 aromatic heterocycles. The number of nitrogens with two attached hydrogens (primary N) is 1. The topological polar surface area (TPSA) is 80.9 Å². The van der Waals surface area contributed by atoms with Gasteiger partial charge >= 0.3 is 0 Å². The molecule has 0 aliphatic rings. The molecule has 0 atom stereocenters. The lowest BCUT2D eigenvalue weighted by molar-refractivity contribution is 0.0959. The first-order valence-corrected chi connectivity index (χ1v) is 6.53. The first kappa shape index (κ1) is 15.6. The predicted molar refractivity (Wildman–Crippen MR) is 81.4 cm³/mol. The number of carbonyl (C=O) groups excluding carboxylic acids is 1. The highest BCUT2D eigenvalue weighted by Gasteiger charge is 2.12. The average Bonchev–Trinajstić information content (AvgIpc) is 2.50. The maximum atomic E-state index is 11.6. The van der Waals surface area contributed by atoms with Gasteiger partial charge in [0.2, 0.25) is 0 Å². The molecule has 5 heteroatoms. The Morgan fingerprint density at radius 2 is 1.80 bits per heavy atom. The van der Waals surface area contributed by atoms with E-state index in [0.717, 1.165) is 11.1 Å². The Kier molecular flexibility index (Phi) is 5.65. The SMILES string of the molecule is CC.CNC(=O)c1nc(-c2ccc(C)cc2)cnc1N. The summed E-state index contributed by atoms with van der Waals surface area (Å²) in [7, 11) is 1.53. The predicted octanol–water partition coefficient (Wildman–Crippen LogP) is 2.42. The van der Waals surface area contributed by atoms with Crippen LogP contribution in [0.25, 0.3) is 11.3 Å². The third kappa shape index (κ3) is 3.54. The van der Waals surface area contributed by atoms with E-state index >= 15 is 0 Å². The van der Waals surface area contributed by atoms with E-state index in [-0.39, 0.29) is 17.4 Å². The molecule has 3 N–H and O–H groups in total. The summed E-state index contributed by atoms with van der Waals surface area (Å²) < 4.78 is 0. The number of amides is 1. The van der Waals surface area contributed by atoms with Crippen molar-refractivity contribution in [2.75, 3.05) is 12.8 Å². The first-order valence-electron chi connectivity index (χ1n) is 6.53. The van der Waals surface area contributed by atoms with Gasteiger partial charge in [0.15, 0.2) is 11.5 Å². The van der Waals surface area contributed by atoms with Gasteiger partial charge in [0.05, 0.1) is 11.9 Å². The fraction of sp³-hybridized carbons (Fsp3) is 0.267. The zero-order chi connectivity index (χ0) is 15.1. The highest BCUT2D eigenvalue weighted by atomic mass is 16.1. The van der Waals surface area contributed by atoms with Crippen LogP contribution in [0.3, 0.4) is 0 Å². The van der Waals surface area contributed by atoms with Crippen molar-refractivity contribution in [3.05, 3.63) is 41.7 Å². The van der Waals surface area contributed by atoms with E-state index in [0.29, 0.717) is 5.69 Å². The summed E-state index contributed by atoms with van der Waals surface area (Å²) >= 11 is 0. The minimum atomic E-state index is -0.339. The lowest BCUT2D eigenvalue weighted by atomic mass is 10.1. The van der Waals surface area contributed by atoms with Crippen molar-refractivity contribution in [2.24, 2.45) is 0 Å². The van der Waals surface area contributed by atoms with Gasteiger partial charge in [0.25, 0.3) is 5.91 Å². The zero-order valence-corrected chi connectivity index (χ0v) is 12.3. The molecule has 1 heterocycles. The summed E-state index contributed by atoms with van der Waals surface area (Å²) in [5, 5.41) is 2.49. The maximum Gasteiger partial charge on any atom is 0.273 e. The second kappa shape index (κ2) is 7.23. The van der Waals surface area contributed by atoms with E-state index in [4.69, 9.17) is 5.73 Å². The third-order valence-corrected chi connectivity index (χ3v) is 2.59. The third-order valence-electron chi connectivity index (χ3n) is 2.59. The van der Waals surface area contributed by atoms with E-state index in [1.165, 1.54) is 7.05 Å². The Hall–Kier alpha value is -2.43. The minimum Gasteiger partial charge on any atom is -0.382 e. The van der Waals surface area contributed by atoms with E-state index in [2.05, 4.69) is 15.3 Å². The number of hydrogen-bond donors (Lipinski definition) is 2. The molecule has 0 saturated carbocycles. The normalized spacial score (nSPS) is 9.40. The van der Waals surface area contributed by atoms with Crippen LogP contribution in [-0.2, 0) is 0 Å². The van der Waals surface area contributed by atoms with Gasteiger partial charge in [-0.15, -0.1) is 0 Å². The number of benzene rings is 1. The molecule has 20 heavy (non-hydrogen) atoms. The van der Waals surface area contributed by atoms with Crippen LogP contribution < -0.4 is 11.1 Å². The van der Waals surface area contributed by atoms with E-state index in [1.807, 2.05) is 45.0 Å². The number of nitrogen functional groups attached to an aromatic ring is 1. The van der Waals surface area contributed by atoms with Gasteiger partial charge in [0.1, 0.15) is 0 Å². The first-order chi connectivity index (χ1) is 9.61. The van der Waals surface area contributed by atoms with Gasteiger partial charge in [-0.3, -0.25) is 4.79 Å². The van der Waals surface area contributed by atoms with E-state index in [1.54, 1.807) is 6.20 Å². The Bertz CT molecular complexity index is 579. The van der Waals surface area contributed by atoms with Crippen molar-refractivity contribution in [3.63, 3.8) is 0 Å². The molecule has 2 aromatic rings. The van der Waals surface area contributed by atoms with Crippen molar-refractivity contribution in [1.82, 2.24) is 15.3 Å². The fourth-order valence-electron chi connectivity index (χ4n) is 1.55. The Morgan fingerprint density at radius 1 is 1.20 bits per heavy atom. The Balaban J connectivity index is 0.000000956. The number of aromatic nitrogens is 2. The van der Waals surface area contributed by atoms with Crippen LogP contribution in [0.2, 0.25) is 0 Å². The van der Waals surface area contributed by atoms with E-state index < -0.39 is 0 Å². The number of hydrogen-bond acceptors (Lipinski definition) is 4. The number of nitrogens with zero attached hydrogens (tertiary/aromatic N) is 2. The molecular weight excluding hydrogens is 252 g/mol. The van der Waals surface area contributed by atoms with Crippen molar-refractivity contribution in [3.8, 4) is 11.3 Å². The summed E-state index contributed by atoms with van der Waals surface area (Å²) in [5.74, 6) is -0.209. The molecule has 0 fully saturated rings. The maximum absolute atomic E-state index is 11.6. The van der Waals surface area contributed by atoms with Gasteiger partial charge in [-0.1, -0.05) is 43.7 Å². The van der Waals surface area contributed by atoms with Crippen molar-refractivity contribution in [1.29, 1.82) is 0 Å². The molecule has 1 amide bonds. The molecule has 0 unspecified atom stereocenters. The summed E-state index contributed by atoms with van der Waals surface area (Å²) in [6.07, 6.45) is 1.56. The number of carbonyl (C=O) groups is 1. The number of aryl methyl sites for hydroxylation is 1. The molecular formula is C15H20N4O. The molecule has 0 bridgehead atoms. The minimum absolute atomic E-state index is 0.130. The molecule has 0 aliphatic carbocycles. The zero-order valence-electron chi connectivity index (χ0n) is 12.3. The second-order valence-corrected chi connectivity index (χ2v) is 3.93. The largest absolute Gasteiger partial charge is 0.382 e. The Morgan fingerprint density at radius 3 is 2.35 bits per heavy atom. The van der Waals surface area contributed by atoms with Crippen molar-refractivity contribution in [2.45, 2.75) is 20.8 Å². The van der Waals surface area contributed by atoms with E-state index in [9.17, 15) is 4.79 Å². The standard InChI is InChI=1S/C13H14N4O.C2H6/c1-8-3-5-9(6-4-8)10-7-16-12(14)11(17-10)13(18)15-2;1-2/h3-7H,1-2H3,(H2,14,16)(H,15,18);1-2H3. The van der Waals surface area contributed by atoms with Gasteiger partial charge in [0, 0.05) is 12.6 Å². The summed E-state index contributed by atoms with van der Waals surface area (Å²) in [5.41, 5.74) is 8.47. The lowest BCUT2D eigenvalue weighted by Gasteiger charge is -2.06. The van der Waals surface area contributed by atoms with Crippen molar-refractivity contribution < 1.29 is 4.79 Å². The molecule has 5 nitrogen and oxygen atoms in total. The van der Waals surface area contributed by atoms with Crippen LogP contribution in [0.1, 0.15) is 29.9 Å². The van der Waals surface area contributed by atoms with Gasteiger partial charge < -0.3 is 11.1 Å².